The maximum absolute atomic E-state index is 10.4. The van der Waals surface area contributed by atoms with Gasteiger partial charge >= 0.3 is 0 Å². The van der Waals surface area contributed by atoms with Gasteiger partial charge in [-0.2, -0.15) is 0 Å². The quantitative estimate of drug-likeness (QED) is 0.466. The molecule has 1 heterocycles. The second-order valence-electron chi connectivity index (χ2n) is 2.91. The highest BCUT2D eigenvalue weighted by molar-refractivity contribution is 5.36. The predicted octanol–water partition coefficient (Wildman–Crippen LogP) is 1.48. The third-order valence-electron chi connectivity index (χ3n) is 2.12. The summed E-state index contributed by atoms with van der Waals surface area (Å²) < 4.78 is 0. The van der Waals surface area contributed by atoms with E-state index in [0.29, 0.717) is 0 Å². The van der Waals surface area contributed by atoms with Crippen LogP contribution in [-0.2, 0) is 12.8 Å². The van der Waals surface area contributed by atoms with Crippen LogP contribution in [0.25, 0.3) is 0 Å². The fourth-order valence-electron chi connectivity index (χ4n) is 1.51. The highest BCUT2D eigenvalue weighted by Crippen LogP contribution is 2.23. The molecule has 1 aliphatic carbocycles. The Balaban J connectivity index is 2.45. The Bertz CT molecular complexity index is 336. The summed E-state index contributed by atoms with van der Waals surface area (Å²) in [6.07, 6.45) is 4.31. The van der Waals surface area contributed by atoms with Crippen molar-refractivity contribution in [2.24, 2.45) is 0 Å². The first-order chi connectivity index (χ1) is 5.77. The summed E-state index contributed by atoms with van der Waals surface area (Å²) >= 11 is 0. The van der Waals surface area contributed by atoms with Gasteiger partial charge in [0.25, 0.3) is 5.69 Å². The maximum Gasteiger partial charge on any atom is 0.287 e. The van der Waals surface area contributed by atoms with Crippen LogP contribution in [0.4, 0.5) is 5.69 Å². The largest absolute Gasteiger partial charge is 0.287 e. The summed E-state index contributed by atoms with van der Waals surface area (Å²) in [5, 5.41) is 10.4. The van der Waals surface area contributed by atoms with Crippen molar-refractivity contribution in [2.75, 3.05) is 0 Å². The van der Waals surface area contributed by atoms with Crippen molar-refractivity contribution < 1.29 is 4.92 Å². The second kappa shape index (κ2) is 2.55. The summed E-state index contributed by atoms with van der Waals surface area (Å²) in [5.41, 5.74) is 2.18. The molecule has 2 rings (SSSR count). The molecule has 62 valence electrons. The van der Waals surface area contributed by atoms with Gasteiger partial charge in [0.2, 0.25) is 0 Å². The number of nitrogens with zero attached hydrogens (tertiary/aromatic N) is 2. The van der Waals surface area contributed by atoms with E-state index >= 15 is 0 Å². The van der Waals surface area contributed by atoms with Gasteiger partial charge in [0.15, 0.2) is 0 Å². The molecule has 0 bridgehead atoms. The molecule has 1 aromatic rings. The Morgan fingerprint density at radius 1 is 1.50 bits per heavy atom. The Labute approximate surface area is 69.4 Å². The van der Waals surface area contributed by atoms with E-state index in [1.807, 2.05) is 0 Å². The number of nitro groups is 1. The van der Waals surface area contributed by atoms with E-state index in [9.17, 15) is 10.1 Å². The van der Waals surface area contributed by atoms with Gasteiger partial charge in [0.05, 0.1) is 4.92 Å². The molecule has 4 nitrogen and oxygen atoms in total. The number of hydrogen-bond donors (Lipinski definition) is 0. The monoisotopic (exact) mass is 164 g/mol. The summed E-state index contributed by atoms with van der Waals surface area (Å²) in [4.78, 5) is 14.0. The van der Waals surface area contributed by atoms with E-state index in [1.165, 1.54) is 6.20 Å². The Kier molecular flexibility index (Phi) is 1.53. The van der Waals surface area contributed by atoms with Crippen LogP contribution >= 0.6 is 0 Å². The molecule has 0 saturated carbocycles. The molecule has 0 aliphatic heterocycles. The van der Waals surface area contributed by atoms with Crippen molar-refractivity contribution in [3.05, 3.63) is 33.6 Å². The maximum atomic E-state index is 10.4. The standard InChI is InChI=1S/C8H8N2O2/c11-10(12)7-4-6-2-1-3-8(6)9-5-7/h4-5H,1-3H2. The van der Waals surface area contributed by atoms with E-state index in [-0.39, 0.29) is 5.69 Å². The molecular formula is C8H8N2O2. The van der Waals surface area contributed by atoms with Crippen LogP contribution in [0.15, 0.2) is 12.3 Å². The lowest BCUT2D eigenvalue weighted by molar-refractivity contribution is -0.385. The van der Waals surface area contributed by atoms with Crippen molar-refractivity contribution >= 4 is 5.69 Å². The number of aryl methyl sites for hydroxylation is 2. The molecule has 0 fully saturated rings. The number of hydrogen-bond acceptors (Lipinski definition) is 3. The van der Waals surface area contributed by atoms with Gasteiger partial charge < -0.3 is 0 Å². The molecule has 0 aromatic carbocycles. The van der Waals surface area contributed by atoms with E-state index < -0.39 is 4.92 Å². The summed E-state index contributed by atoms with van der Waals surface area (Å²) in [7, 11) is 0. The number of fused-ring (bicyclic) bond motifs is 1. The molecule has 0 N–H and O–H groups in total. The van der Waals surface area contributed by atoms with E-state index in [4.69, 9.17) is 0 Å². The Hall–Kier alpha value is -1.45. The van der Waals surface area contributed by atoms with Crippen LogP contribution in [0.5, 0.6) is 0 Å². The minimum atomic E-state index is -0.397. The SMILES string of the molecule is O=[N+]([O-])c1cnc2c(c1)CCC2. The van der Waals surface area contributed by atoms with Crippen LogP contribution in [0, 0.1) is 10.1 Å². The van der Waals surface area contributed by atoms with Crippen molar-refractivity contribution in [3.8, 4) is 0 Å². The molecule has 0 spiro atoms. The van der Waals surface area contributed by atoms with Gasteiger partial charge in [-0.3, -0.25) is 15.1 Å². The average molecular weight is 164 g/mol. The molecule has 4 heteroatoms. The van der Waals surface area contributed by atoms with Crippen molar-refractivity contribution in [1.82, 2.24) is 4.98 Å². The van der Waals surface area contributed by atoms with Gasteiger partial charge in [0.1, 0.15) is 6.20 Å². The summed E-state index contributed by atoms with van der Waals surface area (Å²) in [6.45, 7) is 0. The fraction of sp³-hybridized carbons (Fsp3) is 0.375. The van der Waals surface area contributed by atoms with Crippen LogP contribution in [0.3, 0.4) is 0 Å². The minimum absolute atomic E-state index is 0.107. The summed E-state index contributed by atoms with van der Waals surface area (Å²) in [5.74, 6) is 0. The first-order valence-electron chi connectivity index (χ1n) is 3.89. The molecule has 0 atom stereocenters. The lowest BCUT2D eigenvalue weighted by Crippen LogP contribution is -1.93. The predicted molar refractivity (Wildman–Crippen MR) is 42.9 cm³/mol. The topological polar surface area (TPSA) is 56.0 Å². The molecule has 0 saturated heterocycles. The Morgan fingerprint density at radius 3 is 3.08 bits per heavy atom. The van der Waals surface area contributed by atoms with E-state index in [0.717, 1.165) is 30.5 Å². The van der Waals surface area contributed by atoms with Crippen molar-refractivity contribution in [3.63, 3.8) is 0 Å². The molecule has 0 radical (unpaired) electrons. The zero-order valence-corrected chi connectivity index (χ0v) is 6.49. The zero-order valence-electron chi connectivity index (χ0n) is 6.49. The van der Waals surface area contributed by atoms with Crippen molar-refractivity contribution in [1.29, 1.82) is 0 Å². The summed E-state index contributed by atoms with van der Waals surface area (Å²) in [6, 6.07) is 1.63. The van der Waals surface area contributed by atoms with Gasteiger partial charge in [0, 0.05) is 11.8 Å². The zero-order chi connectivity index (χ0) is 8.55. The Morgan fingerprint density at radius 2 is 2.33 bits per heavy atom. The smallest absolute Gasteiger partial charge is 0.258 e. The van der Waals surface area contributed by atoms with E-state index in [2.05, 4.69) is 4.98 Å². The van der Waals surface area contributed by atoms with Gasteiger partial charge in [-0.1, -0.05) is 0 Å². The minimum Gasteiger partial charge on any atom is -0.258 e. The molecular weight excluding hydrogens is 156 g/mol. The van der Waals surface area contributed by atoms with Gasteiger partial charge in [-0.05, 0) is 24.8 Å². The third-order valence-corrected chi connectivity index (χ3v) is 2.12. The molecule has 1 aromatic heterocycles. The first-order valence-corrected chi connectivity index (χ1v) is 3.89. The number of pyridine rings is 1. The first kappa shape index (κ1) is 7.21. The fourth-order valence-corrected chi connectivity index (χ4v) is 1.51. The third kappa shape index (κ3) is 1.05. The van der Waals surface area contributed by atoms with Crippen LogP contribution in [0.1, 0.15) is 17.7 Å². The van der Waals surface area contributed by atoms with Gasteiger partial charge in [-0.25, -0.2) is 0 Å². The number of rotatable bonds is 1. The van der Waals surface area contributed by atoms with Crippen molar-refractivity contribution in [2.45, 2.75) is 19.3 Å². The van der Waals surface area contributed by atoms with Gasteiger partial charge in [-0.15, -0.1) is 0 Å². The molecule has 1 aliphatic rings. The average Bonchev–Trinajstić information content (AvgIpc) is 2.49. The molecule has 0 amide bonds. The number of aromatic nitrogens is 1. The lowest BCUT2D eigenvalue weighted by Gasteiger charge is -1.95. The van der Waals surface area contributed by atoms with E-state index in [1.54, 1.807) is 6.07 Å². The molecule has 0 unspecified atom stereocenters. The van der Waals surface area contributed by atoms with Crippen LogP contribution in [0.2, 0.25) is 0 Å². The second-order valence-corrected chi connectivity index (χ2v) is 2.91. The molecule has 12 heavy (non-hydrogen) atoms. The highest BCUT2D eigenvalue weighted by atomic mass is 16.6. The normalized spacial score (nSPS) is 14.3. The van der Waals surface area contributed by atoms with Crippen LogP contribution < -0.4 is 0 Å². The lowest BCUT2D eigenvalue weighted by atomic mass is 10.2. The highest BCUT2D eigenvalue weighted by Gasteiger charge is 2.15. The van der Waals surface area contributed by atoms with Crippen LogP contribution in [-0.4, -0.2) is 9.91 Å².